The van der Waals surface area contributed by atoms with Crippen molar-refractivity contribution in [1.82, 2.24) is 35.3 Å². The number of aliphatic hydroxyl groups is 1. The van der Waals surface area contributed by atoms with Gasteiger partial charge in [0.25, 0.3) is 0 Å². The molecule has 0 radical (unpaired) electrons. The summed E-state index contributed by atoms with van der Waals surface area (Å²) < 4.78 is 20.0. The van der Waals surface area contributed by atoms with Crippen LogP contribution in [0.5, 0.6) is 0 Å². The molecule has 16 heteroatoms. The van der Waals surface area contributed by atoms with Crippen LogP contribution >= 0.6 is 0 Å². The predicted octanol–water partition coefficient (Wildman–Crippen LogP) is 6.04. The molecular weight excluding hydrogens is 840 g/mol. The zero-order valence-electron chi connectivity index (χ0n) is 39.4. The fourth-order valence-corrected chi connectivity index (χ4v) is 8.55. The molecule has 5 N–H and O–H groups in total. The highest BCUT2D eigenvalue weighted by molar-refractivity contribution is 5.79. The molecule has 3 aromatic rings. The van der Waals surface area contributed by atoms with Crippen LogP contribution in [0, 0.1) is 5.82 Å². The zero-order chi connectivity index (χ0) is 47.6. The first-order chi connectivity index (χ1) is 32.1. The molecule has 3 fully saturated rings. The van der Waals surface area contributed by atoms with Crippen molar-refractivity contribution in [2.75, 3.05) is 81.6 Å². The van der Waals surface area contributed by atoms with Crippen LogP contribution in [-0.4, -0.2) is 127 Å². The van der Waals surface area contributed by atoms with Gasteiger partial charge in [0.05, 0.1) is 24.0 Å². The number of aromatic nitrogens is 2. The van der Waals surface area contributed by atoms with Crippen molar-refractivity contribution >= 4 is 42.1 Å². The van der Waals surface area contributed by atoms with Gasteiger partial charge in [-0.3, -0.25) is 14.5 Å². The van der Waals surface area contributed by atoms with Crippen molar-refractivity contribution in [2.45, 2.75) is 84.8 Å². The van der Waals surface area contributed by atoms with E-state index in [1.165, 1.54) is 23.0 Å². The highest BCUT2D eigenvalue weighted by atomic mass is 19.1. The molecule has 0 saturated carbocycles. The Labute approximate surface area is 389 Å². The molecule has 3 saturated heterocycles. The van der Waals surface area contributed by atoms with E-state index in [4.69, 9.17) is 19.6 Å². The van der Waals surface area contributed by atoms with Gasteiger partial charge in [-0.1, -0.05) is 39.0 Å². The molecule has 0 aliphatic carbocycles. The zero-order valence-corrected chi connectivity index (χ0v) is 39.4. The topological polar surface area (TPSA) is 168 Å². The standard InChI is InChI=1S/C28H36FN5O.C20H27N5O2.CH4O.CH2O/c1-5-7-8-9-26(19(3)27-20(4)35-15-13-30-27)34-14-12-22-17-31-28(33-25(22)18-34)32-23-11-10-21(6-2)24(29)16-23;1-15-19(6-7-20(27)21-15)22-16-2-4-17(5-3-16)25-12-18(13-25)24-10-8-23(14-26)9-11-24;2*1-2/h8-11,16-17,30H,5-7,12-15,18H2,1-4H3,(H,31,32,33);2-5,14,18-19,22H,1,6-13H2,(H,21,27);2H,1H3;1H2/b9-8+,26-19+;;;. The summed E-state index contributed by atoms with van der Waals surface area (Å²) in [6, 6.07) is 14.3. The van der Waals surface area contributed by atoms with Crippen molar-refractivity contribution in [3.63, 3.8) is 0 Å². The first-order valence-corrected chi connectivity index (χ1v) is 23.0. The number of anilines is 4. The Morgan fingerprint density at radius 2 is 1.76 bits per heavy atom. The summed E-state index contributed by atoms with van der Waals surface area (Å²) in [5, 5.41) is 19.9. The van der Waals surface area contributed by atoms with E-state index in [-0.39, 0.29) is 17.8 Å². The van der Waals surface area contributed by atoms with Crippen LogP contribution < -0.4 is 26.2 Å². The molecule has 1 atom stereocenters. The molecule has 1 unspecified atom stereocenters. The molecule has 0 bridgehead atoms. The average Bonchev–Trinajstić information content (AvgIpc) is 3.33. The number of benzene rings is 2. The Bertz CT molecular complexity index is 2180. The maximum atomic E-state index is 14.2. The molecule has 15 nitrogen and oxygen atoms in total. The van der Waals surface area contributed by atoms with Crippen molar-refractivity contribution in [2.24, 2.45) is 0 Å². The summed E-state index contributed by atoms with van der Waals surface area (Å²) in [5.74, 6) is 1.26. The van der Waals surface area contributed by atoms with E-state index in [1.54, 1.807) is 6.07 Å². The number of aliphatic hydroxyl groups excluding tert-OH is 1. The summed E-state index contributed by atoms with van der Waals surface area (Å²) in [6.07, 6.45) is 12.3. The number of unbranched alkanes of at least 4 members (excludes halogenated alkanes) is 1. The number of hydrogen-bond donors (Lipinski definition) is 5. The van der Waals surface area contributed by atoms with Crippen LogP contribution in [0.15, 0.2) is 95.8 Å². The van der Waals surface area contributed by atoms with Crippen LogP contribution in [0.25, 0.3) is 0 Å². The second-order valence-corrected chi connectivity index (χ2v) is 16.6. The number of amides is 2. The Morgan fingerprint density at radius 3 is 2.41 bits per heavy atom. The normalized spacial score (nSPS) is 18.9. The number of rotatable bonds is 13. The van der Waals surface area contributed by atoms with E-state index in [1.807, 2.05) is 37.8 Å². The van der Waals surface area contributed by atoms with Gasteiger partial charge in [0.1, 0.15) is 25.0 Å². The molecule has 2 amide bonds. The fraction of sp³-hybridized carbons (Fsp3) is 0.460. The minimum atomic E-state index is -0.212. The van der Waals surface area contributed by atoms with Crippen molar-refractivity contribution in [3.8, 4) is 0 Å². The van der Waals surface area contributed by atoms with Gasteiger partial charge in [-0.05, 0) is 98.7 Å². The Balaban J connectivity index is 0.000000236. The van der Waals surface area contributed by atoms with Crippen LogP contribution in [-0.2, 0) is 38.5 Å². The highest BCUT2D eigenvalue weighted by Gasteiger charge is 2.33. The number of nitrogens with one attached hydrogen (secondary N) is 4. The van der Waals surface area contributed by atoms with Crippen LogP contribution in [0.2, 0.25) is 0 Å². The van der Waals surface area contributed by atoms with Gasteiger partial charge in [0.2, 0.25) is 18.3 Å². The van der Waals surface area contributed by atoms with E-state index in [2.05, 4.69) is 97.8 Å². The summed E-state index contributed by atoms with van der Waals surface area (Å²) in [7, 11) is 1.00. The van der Waals surface area contributed by atoms with Gasteiger partial charge in [-0.25, -0.2) is 14.4 Å². The van der Waals surface area contributed by atoms with Gasteiger partial charge in [-0.15, -0.1) is 0 Å². The van der Waals surface area contributed by atoms with E-state index in [9.17, 15) is 14.0 Å². The molecule has 6 heterocycles. The first kappa shape index (κ1) is 50.7. The Kier molecular flexibility index (Phi) is 19.6. The minimum absolute atomic E-state index is 0.0494. The average molecular weight is 909 g/mol. The number of ether oxygens (including phenoxy) is 1. The van der Waals surface area contributed by atoms with Gasteiger partial charge < -0.3 is 50.6 Å². The lowest BCUT2D eigenvalue weighted by molar-refractivity contribution is -0.121. The monoisotopic (exact) mass is 909 g/mol. The SMILES string of the molecule is C=C1NC(=O)CCC1Nc1ccc(N2CC(N3CCN(C=O)CC3)C2)cc1.C=O.CCC/C=C/C(=C(/C)C1=C(C)OCCN1)N1CCc2cnc(Nc3ccc(CC)c(F)c3)nc2C1.CO. The van der Waals surface area contributed by atoms with Crippen LogP contribution in [0.3, 0.4) is 0 Å². The molecule has 0 spiro atoms. The van der Waals surface area contributed by atoms with E-state index >= 15 is 0 Å². The lowest BCUT2D eigenvalue weighted by Crippen LogP contribution is -2.63. The maximum absolute atomic E-state index is 14.2. The molecule has 1 aromatic heterocycles. The summed E-state index contributed by atoms with van der Waals surface area (Å²) >= 11 is 0. The van der Waals surface area contributed by atoms with Gasteiger partial charge in [0, 0.05) is 107 Å². The Morgan fingerprint density at radius 1 is 1.03 bits per heavy atom. The summed E-state index contributed by atoms with van der Waals surface area (Å²) in [5.41, 5.74) is 9.96. The summed E-state index contributed by atoms with van der Waals surface area (Å²) in [6.45, 7) is 23.0. The second kappa shape index (κ2) is 25.4. The van der Waals surface area contributed by atoms with Crippen LogP contribution in [0.1, 0.15) is 70.2 Å². The molecule has 356 valence electrons. The number of hydrogen-bond acceptors (Lipinski definition) is 13. The smallest absolute Gasteiger partial charge is 0.227 e. The van der Waals surface area contributed by atoms with Gasteiger partial charge in [0.15, 0.2) is 0 Å². The molecular formula is C50H69FN10O5. The quantitative estimate of drug-likeness (QED) is 0.0997. The van der Waals surface area contributed by atoms with Crippen LogP contribution in [0.4, 0.5) is 27.4 Å². The lowest BCUT2D eigenvalue weighted by atomic mass is 10.0. The number of halogens is 1. The van der Waals surface area contributed by atoms with E-state index in [0.29, 0.717) is 49.2 Å². The number of piperazine rings is 1. The van der Waals surface area contributed by atoms with E-state index < -0.39 is 0 Å². The third kappa shape index (κ3) is 13.4. The Hall–Kier alpha value is -6.26. The van der Waals surface area contributed by atoms with Crippen molar-refractivity contribution in [1.29, 1.82) is 0 Å². The van der Waals surface area contributed by atoms with Crippen molar-refractivity contribution in [3.05, 3.63) is 118 Å². The number of carbonyl (C=O) groups is 3. The minimum Gasteiger partial charge on any atom is -0.494 e. The molecule has 66 heavy (non-hydrogen) atoms. The summed E-state index contributed by atoms with van der Waals surface area (Å²) in [4.78, 5) is 48.6. The predicted molar refractivity (Wildman–Crippen MR) is 259 cm³/mol. The lowest BCUT2D eigenvalue weighted by Gasteiger charge is -2.48. The number of fused-ring (bicyclic) bond motifs is 1. The fourth-order valence-electron chi connectivity index (χ4n) is 8.55. The second-order valence-electron chi connectivity index (χ2n) is 16.6. The molecule has 5 aliphatic heterocycles. The first-order valence-electron chi connectivity index (χ1n) is 23.0. The van der Waals surface area contributed by atoms with E-state index in [0.717, 1.165) is 126 Å². The molecule has 5 aliphatic rings. The number of nitrogens with zero attached hydrogens (tertiary/aromatic N) is 6. The van der Waals surface area contributed by atoms with Gasteiger partial charge >= 0.3 is 0 Å². The van der Waals surface area contributed by atoms with Gasteiger partial charge in [-0.2, -0.15) is 0 Å². The number of aryl methyl sites for hydroxylation is 1. The molecule has 2 aromatic carbocycles. The van der Waals surface area contributed by atoms with Crippen molar-refractivity contribution < 1.29 is 28.6 Å². The maximum Gasteiger partial charge on any atom is 0.227 e. The number of carbonyl (C=O) groups excluding carboxylic acids is 3. The molecule has 8 rings (SSSR count). The largest absolute Gasteiger partial charge is 0.494 e. The number of allylic oxidation sites excluding steroid dienone is 4. The third-order valence-electron chi connectivity index (χ3n) is 12.4. The highest BCUT2D eigenvalue weighted by Crippen LogP contribution is 2.30. The number of piperidine rings is 1. The third-order valence-corrected chi connectivity index (χ3v) is 12.4.